The number of ether oxygens (including phenoxy) is 1. The molecule has 0 amide bonds. The molecule has 30 heavy (non-hydrogen) atoms. The summed E-state index contributed by atoms with van der Waals surface area (Å²) in [6.45, 7) is 0. The third-order valence-corrected chi connectivity index (χ3v) is 5.14. The fraction of sp³-hybridized carbons (Fsp3) is 0.300. The molecule has 2 aromatic carbocycles. The average Bonchev–Trinajstić information content (AvgIpc) is 3.45. The molecule has 4 aromatic rings. The monoisotopic (exact) mass is 415 g/mol. The number of rotatable bonds is 4. The summed E-state index contributed by atoms with van der Waals surface area (Å²) in [6, 6.07) is 11.4. The molecule has 1 aliphatic carbocycles. The average molecular weight is 415 g/mol. The predicted molar refractivity (Wildman–Crippen MR) is 100 cm³/mol. The van der Waals surface area contributed by atoms with Crippen LogP contribution in [0.2, 0.25) is 0 Å². The van der Waals surface area contributed by atoms with Crippen LogP contribution in [-0.2, 0) is 0 Å². The molecular weight excluding hydrogens is 399 g/mol. The van der Waals surface area contributed by atoms with E-state index in [9.17, 15) is 13.2 Å². The molecule has 7 nitrogen and oxygen atoms in total. The first-order valence-electron chi connectivity index (χ1n) is 9.51. The van der Waals surface area contributed by atoms with Crippen molar-refractivity contribution < 1.29 is 22.4 Å². The zero-order valence-electron chi connectivity index (χ0n) is 15.6. The van der Waals surface area contributed by atoms with Crippen LogP contribution in [0.3, 0.4) is 0 Å². The highest BCUT2D eigenvalue weighted by atomic mass is 19.4. The largest absolute Gasteiger partial charge is 0.573 e. The van der Waals surface area contributed by atoms with Crippen molar-refractivity contribution in [2.75, 3.05) is 0 Å². The number of halogens is 3. The number of benzene rings is 2. The molecule has 0 spiro atoms. The highest BCUT2D eigenvalue weighted by Gasteiger charge is 2.31. The molecule has 5 rings (SSSR count). The minimum absolute atomic E-state index is 0.0901. The lowest BCUT2D eigenvalue weighted by Gasteiger charge is -2.09. The first-order valence-corrected chi connectivity index (χ1v) is 9.51. The van der Waals surface area contributed by atoms with Gasteiger partial charge in [-0.1, -0.05) is 29.3 Å². The van der Waals surface area contributed by atoms with Crippen LogP contribution >= 0.6 is 0 Å². The summed E-state index contributed by atoms with van der Waals surface area (Å²) in [4.78, 5) is 4.31. The molecule has 0 unspecified atom stereocenters. The number of hydrogen-bond donors (Lipinski definition) is 0. The van der Waals surface area contributed by atoms with Crippen LogP contribution < -0.4 is 4.74 Å². The Morgan fingerprint density at radius 1 is 1.03 bits per heavy atom. The van der Waals surface area contributed by atoms with Gasteiger partial charge in [0.1, 0.15) is 11.3 Å². The van der Waals surface area contributed by atoms with Crippen molar-refractivity contribution in [1.82, 2.24) is 25.1 Å². The lowest BCUT2D eigenvalue weighted by atomic mass is 10.1. The lowest BCUT2D eigenvalue weighted by Crippen LogP contribution is -2.17. The van der Waals surface area contributed by atoms with E-state index in [-0.39, 0.29) is 11.6 Å². The van der Waals surface area contributed by atoms with Crippen LogP contribution in [0, 0.1) is 0 Å². The summed E-state index contributed by atoms with van der Waals surface area (Å²) in [5.74, 6) is 0.0430. The van der Waals surface area contributed by atoms with E-state index in [0.29, 0.717) is 23.0 Å². The van der Waals surface area contributed by atoms with Crippen LogP contribution in [0.1, 0.15) is 31.7 Å². The molecule has 0 atom stereocenters. The topological polar surface area (TPSA) is 78.9 Å². The van der Waals surface area contributed by atoms with Crippen molar-refractivity contribution in [3.63, 3.8) is 0 Å². The second-order valence-corrected chi connectivity index (χ2v) is 7.17. The van der Waals surface area contributed by atoms with E-state index in [1.54, 1.807) is 6.07 Å². The Balaban J connectivity index is 1.43. The maximum absolute atomic E-state index is 12.4. The maximum atomic E-state index is 12.4. The summed E-state index contributed by atoms with van der Waals surface area (Å²) >= 11 is 0. The summed E-state index contributed by atoms with van der Waals surface area (Å²) in [6.07, 6.45) is -0.170. The number of hydrogen-bond acceptors (Lipinski definition) is 6. The van der Waals surface area contributed by atoms with Crippen molar-refractivity contribution in [2.24, 2.45) is 0 Å². The van der Waals surface area contributed by atoms with E-state index in [2.05, 4.69) is 25.2 Å². The van der Waals surface area contributed by atoms with Gasteiger partial charge in [-0.05, 0) is 49.2 Å². The minimum Gasteiger partial charge on any atom is -0.406 e. The predicted octanol–water partition coefficient (Wildman–Crippen LogP) is 5.16. The summed E-state index contributed by atoms with van der Waals surface area (Å²) < 4.78 is 48.5. The number of nitrogens with zero attached hydrogens (tertiary/aromatic N) is 5. The summed E-state index contributed by atoms with van der Waals surface area (Å²) in [7, 11) is 0. The molecule has 2 aromatic heterocycles. The Hall–Kier alpha value is -3.43. The van der Waals surface area contributed by atoms with Gasteiger partial charge < -0.3 is 9.26 Å². The summed E-state index contributed by atoms with van der Waals surface area (Å²) in [5.41, 5.74) is 2.68. The zero-order chi connectivity index (χ0) is 20.7. The van der Waals surface area contributed by atoms with Gasteiger partial charge >= 0.3 is 6.36 Å². The lowest BCUT2D eigenvalue weighted by molar-refractivity contribution is -0.274. The van der Waals surface area contributed by atoms with Gasteiger partial charge in [-0.15, -0.1) is 18.3 Å². The van der Waals surface area contributed by atoms with Crippen LogP contribution in [-0.4, -0.2) is 31.5 Å². The van der Waals surface area contributed by atoms with Crippen molar-refractivity contribution in [1.29, 1.82) is 0 Å². The van der Waals surface area contributed by atoms with E-state index in [0.717, 1.165) is 23.9 Å². The Kier molecular flexibility index (Phi) is 4.41. The molecule has 0 saturated heterocycles. The molecule has 0 aliphatic heterocycles. The van der Waals surface area contributed by atoms with Crippen molar-refractivity contribution >= 4 is 11.0 Å². The van der Waals surface area contributed by atoms with Crippen LogP contribution in [0.25, 0.3) is 33.9 Å². The Labute approximate surface area is 168 Å². The molecule has 0 radical (unpaired) electrons. The third kappa shape index (κ3) is 3.60. The molecule has 1 aliphatic rings. The molecular formula is C20H16F3N5O2. The van der Waals surface area contributed by atoms with Gasteiger partial charge in [0.05, 0.1) is 11.6 Å². The van der Waals surface area contributed by atoms with Crippen molar-refractivity contribution in [3.05, 3.63) is 42.5 Å². The van der Waals surface area contributed by atoms with Gasteiger partial charge in [0.2, 0.25) is 5.82 Å². The maximum Gasteiger partial charge on any atom is 0.573 e. The van der Waals surface area contributed by atoms with Crippen molar-refractivity contribution in [3.8, 4) is 28.6 Å². The van der Waals surface area contributed by atoms with Crippen LogP contribution in [0.5, 0.6) is 5.75 Å². The van der Waals surface area contributed by atoms with Crippen molar-refractivity contribution in [2.45, 2.75) is 38.1 Å². The van der Waals surface area contributed by atoms with Gasteiger partial charge in [-0.2, -0.15) is 4.98 Å². The zero-order valence-corrected chi connectivity index (χ0v) is 15.6. The minimum atomic E-state index is -4.77. The SMILES string of the molecule is FC(F)(F)Oc1cccc(-c2nc(-c3ccc4c(c3)nnn4C3CCCC3)no2)c1. The van der Waals surface area contributed by atoms with E-state index in [4.69, 9.17) is 4.52 Å². The molecule has 10 heteroatoms. The van der Waals surface area contributed by atoms with Gasteiger partial charge in [0, 0.05) is 11.1 Å². The van der Waals surface area contributed by atoms with Gasteiger partial charge in [0.15, 0.2) is 0 Å². The Morgan fingerprint density at radius 2 is 1.87 bits per heavy atom. The molecule has 0 bridgehead atoms. The van der Waals surface area contributed by atoms with Crippen LogP contribution in [0.4, 0.5) is 13.2 Å². The molecule has 0 N–H and O–H groups in total. The van der Waals surface area contributed by atoms with Gasteiger partial charge in [-0.25, -0.2) is 4.68 Å². The Morgan fingerprint density at radius 3 is 2.67 bits per heavy atom. The first kappa shape index (κ1) is 18.6. The first-order chi connectivity index (χ1) is 14.5. The fourth-order valence-electron chi connectivity index (χ4n) is 3.78. The highest BCUT2D eigenvalue weighted by molar-refractivity contribution is 5.80. The number of fused-ring (bicyclic) bond motifs is 1. The normalized spacial score (nSPS) is 15.2. The van der Waals surface area contributed by atoms with Crippen LogP contribution in [0.15, 0.2) is 47.0 Å². The standard InChI is InChI=1S/C20H16F3N5O2/c21-20(22,23)29-15-7-3-4-13(10-15)19-24-18(26-30-19)12-8-9-17-16(11-12)25-27-28(17)14-5-1-2-6-14/h3-4,7-11,14H,1-2,5-6H2. The molecule has 2 heterocycles. The van der Waals surface area contributed by atoms with E-state index < -0.39 is 6.36 Å². The highest BCUT2D eigenvalue weighted by Crippen LogP contribution is 2.32. The van der Waals surface area contributed by atoms with Gasteiger partial charge in [-0.3, -0.25) is 0 Å². The van der Waals surface area contributed by atoms with E-state index in [1.807, 2.05) is 22.9 Å². The second-order valence-electron chi connectivity index (χ2n) is 7.17. The van der Waals surface area contributed by atoms with Gasteiger partial charge in [0.25, 0.3) is 5.89 Å². The van der Waals surface area contributed by atoms with E-state index >= 15 is 0 Å². The fourth-order valence-corrected chi connectivity index (χ4v) is 3.78. The number of aromatic nitrogens is 5. The molecule has 1 fully saturated rings. The molecule has 1 saturated carbocycles. The summed E-state index contributed by atoms with van der Waals surface area (Å²) in [5, 5.41) is 12.5. The van der Waals surface area contributed by atoms with E-state index in [1.165, 1.54) is 31.0 Å². The second kappa shape index (κ2) is 7.12. The quantitative estimate of drug-likeness (QED) is 0.458. The Bertz CT molecular complexity index is 1190. The number of alkyl halides is 3. The third-order valence-electron chi connectivity index (χ3n) is 5.14. The molecule has 154 valence electrons. The smallest absolute Gasteiger partial charge is 0.406 e.